The van der Waals surface area contributed by atoms with E-state index in [1.165, 1.54) is 23.2 Å². The predicted octanol–water partition coefficient (Wildman–Crippen LogP) is 1.92. The minimum Gasteiger partial charge on any atom is -0.394 e. The maximum atomic E-state index is 9.55. The third-order valence-corrected chi connectivity index (χ3v) is 4.02. The third kappa shape index (κ3) is 2.52. The number of hydrogen-bond donors (Lipinski definition) is 2. The van der Waals surface area contributed by atoms with Crippen LogP contribution < -0.4 is 10.2 Å². The molecular weight excluding hydrogens is 224 g/mol. The van der Waals surface area contributed by atoms with Gasteiger partial charge in [-0.3, -0.25) is 0 Å². The Labute approximate surface area is 110 Å². The molecule has 100 valence electrons. The zero-order valence-corrected chi connectivity index (χ0v) is 11.6. The summed E-state index contributed by atoms with van der Waals surface area (Å²) in [5.41, 5.74) is 3.89. The first kappa shape index (κ1) is 13.4. The van der Waals surface area contributed by atoms with Crippen molar-refractivity contribution in [2.75, 3.05) is 25.1 Å². The largest absolute Gasteiger partial charge is 0.394 e. The summed E-state index contributed by atoms with van der Waals surface area (Å²) in [6.45, 7) is 6.59. The van der Waals surface area contributed by atoms with Crippen molar-refractivity contribution in [2.45, 2.75) is 32.9 Å². The topological polar surface area (TPSA) is 35.5 Å². The molecule has 2 atom stereocenters. The van der Waals surface area contributed by atoms with Gasteiger partial charge >= 0.3 is 0 Å². The van der Waals surface area contributed by atoms with E-state index in [2.05, 4.69) is 42.3 Å². The van der Waals surface area contributed by atoms with Crippen LogP contribution in [0.3, 0.4) is 0 Å². The van der Waals surface area contributed by atoms with Crippen LogP contribution in [-0.4, -0.2) is 31.3 Å². The third-order valence-electron chi connectivity index (χ3n) is 4.02. The molecular formula is C15H24N2O. The number of aliphatic hydroxyl groups excluding tert-OH is 1. The highest BCUT2D eigenvalue weighted by atomic mass is 16.3. The minimum atomic E-state index is 0.249. The van der Waals surface area contributed by atoms with Gasteiger partial charge in [0.15, 0.2) is 0 Å². The van der Waals surface area contributed by atoms with E-state index in [-0.39, 0.29) is 12.6 Å². The number of benzene rings is 1. The molecule has 2 rings (SSSR count). The van der Waals surface area contributed by atoms with E-state index in [0.717, 1.165) is 13.1 Å². The molecule has 1 heterocycles. The summed E-state index contributed by atoms with van der Waals surface area (Å²) in [5.74, 6) is 0.575. The van der Waals surface area contributed by atoms with Crippen LogP contribution in [0.4, 0.5) is 5.69 Å². The maximum Gasteiger partial charge on any atom is 0.0637 e. The Kier molecular flexibility index (Phi) is 4.25. The second-order valence-corrected chi connectivity index (χ2v) is 5.36. The van der Waals surface area contributed by atoms with Crippen molar-refractivity contribution in [3.05, 3.63) is 29.3 Å². The van der Waals surface area contributed by atoms with Gasteiger partial charge in [-0.1, -0.05) is 19.1 Å². The SMILES string of the molecule is CNCc1ccc(N2CCC(C)C2CO)c(C)c1. The molecule has 0 radical (unpaired) electrons. The molecule has 0 aliphatic carbocycles. The van der Waals surface area contributed by atoms with Gasteiger partial charge in [0.25, 0.3) is 0 Å². The first-order valence-electron chi connectivity index (χ1n) is 6.79. The summed E-state index contributed by atoms with van der Waals surface area (Å²) in [6.07, 6.45) is 1.17. The van der Waals surface area contributed by atoms with Crippen LogP contribution in [0.15, 0.2) is 18.2 Å². The van der Waals surface area contributed by atoms with E-state index in [0.29, 0.717) is 5.92 Å². The monoisotopic (exact) mass is 248 g/mol. The first-order valence-corrected chi connectivity index (χ1v) is 6.79. The molecule has 1 aromatic rings. The molecule has 2 N–H and O–H groups in total. The lowest BCUT2D eigenvalue weighted by atomic mass is 10.0. The van der Waals surface area contributed by atoms with Crippen LogP contribution in [0, 0.1) is 12.8 Å². The van der Waals surface area contributed by atoms with E-state index < -0.39 is 0 Å². The van der Waals surface area contributed by atoms with Gasteiger partial charge in [0.2, 0.25) is 0 Å². The summed E-state index contributed by atoms with van der Waals surface area (Å²) in [7, 11) is 1.97. The summed E-state index contributed by atoms with van der Waals surface area (Å²) < 4.78 is 0. The Morgan fingerprint density at radius 2 is 2.22 bits per heavy atom. The number of nitrogens with one attached hydrogen (secondary N) is 1. The second kappa shape index (κ2) is 5.72. The second-order valence-electron chi connectivity index (χ2n) is 5.36. The predicted molar refractivity (Wildman–Crippen MR) is 75.9 cm³/mol. The first-order chi connectivity index (χ1) is 8.67. The highest BCUT2D eigenvalue weighted by molar-refractivity contribution is 5.56. The Bertz CT molecular complexity index is 405. The normalized spacial score (nSPS) is 23.7. The van der Waals surface area contributed by atoms with Crippen molar-refractivity contribution in [1.82, 2.24) is 5.32 Å². The Morgan fingerprint density at radius 3 is 2.83 bits per heavy atom. The number of anilines is 1. The molecule has 1 saturated heterocycles. The number of aliphatic hydroxyl groups is 1. The minimum absolute atomic E-state index is 0.249. The molecule has 0 spiro atoms. The highest BCUT2D eigenvalue weighted by Crippen LogP contribution is 2.31. The Morgan fingerprint density at radius 1 is 1.44 bits per heavy atom. The number of hydrogen-bond acceptors (Lipinski definition) is 3. The molecule has 2 unspecified atom stereocenters. The van der Waals surface area contributed by atoms with Crippen molar-refractivity contribution >= 4 is 5.69 Å². The molecule has 1 aliphatic rings. The standard InChI is InChI=1S/C15H24N2O/c1-11-6-7-17(15(11)10-18)14-5-4-13(9-16-3)8-12(14)2/h4-5,8,11,15-16,18H,6-7,9-10H2,1-3H3. The van der Waals surface area contributed by atoms with Gasteiger partial charge in [0.05, 0.1) is 12.6 Å². The molecule has 0 bridgehead atoms. The Hall–Kier alpha value is -1.06. The van der Waals surface area contributed by atoms with Crippen molar-refractivity contribution in [3.63, 3.8) is 0 Å². The number of nitrogens with zero attached hydrogens (tertiary/aromatic N) is 1. The highest BCUT2D eigenvalue weighted by Gasteiger charge is 2.31. The molecule has 1 fully saturated rings. The van der Waals surface area contributed by atoms with E-state index in [9.17, 15) is 5.11 Å². The van der Waals surface area contributed by atoms with Gasteiger partial charge in [0.1, 0.15) is 0 Å². The van der Waals surface area contributed by atoms with Gasteiger partial charge in [-0.15, -0.1) is 0 Å². The molecule has 0 aromatic heterocycles. The molecule has 0 saturated carbocycles. The fraction of sp³-hybridized carbons (Fsp3) is 0.600. The summed E-state index contributed by atoms with van der Waals surface area (Å²) in [5, 5.41) is 12.7. The van der Waals surface area contributed by atoms with Crippen molar-refractivity contribution in [2.24, 2.45) is 5.92 Å². The zero-order valence-electron chi connectivity index (χ0n) is 11.6. The summed E-state index contributed by atoms with van der Waals surface area (Å²) in [6, 6.07) is 6.89. The quantitative estimate of drug-likeness (QED) is 0.854. The van der Waals surface area contributed by atoms with Crippen LogP contribution in [0.2, 0.25) is 0 Å². The van der Waals surface area contributed by atoms with Gasteiger partial charge in [0, 0.05) is 18.8 Å². The molecule has 18 heavy (non-hydrogen) atoms. The molecule has 0 amide bonds. The van der Waals surface area contributed by atoms with Crippen molar-refractivity contribution in [3.8, 4) is 0 Å². The van der Waals surface area contributed by atoms with E-state index >= 15 is 0 Å². The fourth-order valence-electron chi connectivity index (χ4n) is 2.94. The van der Waals surface area contributed by atoms with Gasteiger partial charge in [-0.25, -0.2) is 0 Å². The fourth-order valence-corrected chi connectivity index (χ4v) is 2.94. The van der Waals surface area contributed by atoms with E-state index in [1.807, 2.05) is 7.05 Å². The average Bonchev–Trinajstić information content (AvgIpc) is 2.71. The van der Waals surface area contributed by atoms with E-state index in [4.69, 9.17) is 0 Å². The molecule has 3 nitrogen and oxygen atoms in total. The van der Waals surface area contributed by atoms with Crippen LogP contribution in [0.25, 0.3) is 0 Å². The van der Waals surface area contributed by atoms with E-state index in [1.54, 1.807) is 0 Å². The van der Waals surface area contributed by atoms with Crippen LogP contribution in [0.1, 0.15) is 24.5 Å². The van der Waals surface area contributed by atoms with Gasteiger partial charge in [-0.2, -0.15) is 0 Å². The zero-order chi connectivity index (χ0) is 13.1. The Balaban J connectivity index is 2.23. The van der Waals surface area contributed by atoms with Crippen molar-refractivity contribution < 1.29 is 5.11 Å². The van der Waals surface area contributed by atoms with Crippen LogP contribution in [-0.2, 0) is 6.54 Å². The average molecular weight is 248 g/mol. The van der Waals surface area contributed by atoms with Crippen molar-refractivity contribution in [1.29, 1.82) is 0 Å². The van der Waals surface area contributed by atoms with Gasteiger partial charge < -0.3 is 15.3 Å². The lowest BCUT2D eigenvalue weighted by molar-refractivity contribution is 0.244. The van der Waals surface area contributed by atoms with Crippen LogP contribution in [0.5, 0.6) is 0 Å². The number of aryl methyl sites for hydroxylation is 1. The van der Waals surface area contributed by atoms with Crippen LogP contribution >= 0.6 is 0 Å². The van der Waals surface area contributed by atoms with Gasteiger partial charge in [-0.05, 0) is 43.5 Å². The molecule has 1 aliphatic heterocycles. The maximum absolute atomic E-state index is 9.55. The smallest absolute Gasteiger partial charge is 0.0637 e. The molecule has 3 heteroatoms. The lowest BCUT2D eigenvalue weighted by Crippen LogP contribution is -2.35. The summed E-state index contributed by atoms with van der Waals surface area (Å²) >= 11 is 0. The number of rotatable bonds is 4. The lowest BCUT2D eigenvalue weighted by Gasteiger charge is -2.29. The molecule has 1 aromatic carbocycles. The summed E-state index contributed by atoms with van der Waals surface area (Å²) in [4.78, 5) is 2.36.